The highest BCUT2D eigenvalue weighted by atomic mass is 32.2. The number of amides is 1. The zero-order chi connectivity index (χ0) is 25.7. The standard InChI is InChI=1S/C28H28N6OS/c1-19-6-8-24(16-21(19)3)33(15-5-12-29)26(35)18-36-28-32-31-27(23-10-13-30-14-11-23)34(28)25-9-7-20(2)22(4)17-25/h6-11,13-14,16-17H,5,15,18H2,1-4H3. The van der Waals surface area contributed by atoms with Crippen LogP contribution in [-0.2, 0) is 4.79 Å². The van der Waals surface area contributed by atoms with Gasteiger partial charge in [-0.15, -0.1) is 10.2 Å². The van der Waals surface area contributed by atoms with Gasteiger partial charge in [-0.3, -0.25) is 14.3 Å². The number of nitriles is 1. The van der Waals surface area contributed by atoms with Crippen molar-refractivity contribution in [1.29, 1.82) is 5.26 Å². The first-order valence-corrected chi connectivity index (χ1v) is 12.7. The highest BCUT2D eigenvalue weighted by Crippen LogP contribution is 2.29. The number of aromatic nitrogens is 4. The average Bonchev–Trinajstić information content (AvgIpc) is 3.31. The molecule has 7 nitrogen and oxygen atoms in total. The molecule has 0 fully saturated rings. The number of rotatable bonds is 8. The van der Waals surface area contributed by atoms with Gasteiger partial charge in [-0.1, -0.05) is 23.9 Å². The summed E-state index contributed by atoms with van der Waals surface area (Å²) in [7, 11) is 0. The van der Waals surface area contributed by atoms with Crippen molar-refractivity contribution in [3.05, 3.63) is 83.2 Å². The molecule has 2 heterocycles. The van der Waals surface area contributed by atoms with E-state index in [9.17, 15) is 4.79 Å². The normalized spacial score (nSPS) is 10.8. The van der Waals surface area contributed by atoms with Gasteiger partial charge in [0.15, 0.2) is 11.0 Å². The van der Waals surface area contributed by atoms with E-state index in [2.05, 4.69) is 47.2 Å². The van der Waals surface area contributed by atoms with Crippen LogP contribution in [0.5, 0.6) is 0 Å². The number of nitrogens with zero attached hydrogens (tertiary/aromatic N) is 6. The molecule has 0 bridgehead atoms. The van der Waals surface area contributed by atoms with Gasteiger partial charge in [-0.25, -0.2) is 0 Å². The van der Waals surface area contributed by atoms with Crippen LogP contribution >= 0.6 is 11.8 Å². The van der Waals surface area contributed by atoms with Crippen molar-refractivity contribution in [1.82, 2.24) is 19.7 Å². The van der Waals surface area contributed by atoms with E-state index in [-0.39, 0.29) is 18.1 Å². The topological polar surface area (TPSA) is 87.7 Å². The maximum atomic E-state index is 13.4. The predicted molar refractivity (Wildman–Crippen MR) is 143 cm³/mol. The van der Waals surface area contributed by atoms with E-state index in [0.29, 0.717) is 17.5 Å². The second kappa shape index (κ2) is 11.2. The molecule has 2 aromatic heterocycles. The fraction of sp³-hybridized carbons (Fsp3) is 0.250. The third-order valence-electron chi connectivity index (χ3n) is 6.20. The molecule has 0 spiro atoms. The fourth-order valence-electron chi connectivity index (χ4n) is 3.81. The smallest absolute Gasteiger partial charge is 0.237 e. The van der Waals surface area contributed by atoms with Crippen LogP contribution in [-0.4, -0.2) is 38.0 Å². The summed E-state index contributed by atoms with van der Waals surface area (Å²) in [5.74, 6) is 0.766. The molecule has 0 aliphatic carbocycles. The summed E-state index contributed by atoms with van der Waals surface area (Å²) < 4.78 is 1.98. The Morgan fingerprint density at radius 1 is 0.944 bits per heavy atom. The first-order valence-electron chi connectivity index (χ1n) is 11.7. The third kappa shape index (κ3) is 5.47. The highest BCUT2D eigenvalue weighted by molar-refractivity contribution is 7.99. The quantitative estimate of drug-likeness (QED) is 0.295. The second-order valence-electron chi connectivity index (χ2n) is 8.66. The molecule has 0 saturated heterocycles. The summed E-state index contributed by atoms with van der Waals surface area (Å²) in [6.45, 7) is 8.54. The van der Waals surface area contributed by atoms with Crippen molar-refractivity contribution in [2.45, 2.75) is 39.3 Å². The van der Waals surface area contributed by atoms with Gasteiger partial charge in [-0.2, -0.15) is 5.26 Å². The first kappa shape index (κ1) is 25.1. The highest BCUT2D eigenvalue weighted by Gasteiger charge is 2.21. The van der Waals surface area contributed by atoms with Gasteiger partial charge < -0.3 is 4.90 Å². The van der Waals surface area contributed by atoms with Crippen molar-refractivity contribution in [2.75, 3.05) is 17.2 Å². The fourth-order valence-corrected chi connectivity index (χ4v) is 4.63. The molecule has 4 aromatic rings. The number of benzene rings is 2. The minimum absolute atomic E-state index is 0.0846. The lowest BCUT2D eigenvalue weighted by Gasteiger charge is -2.22. The summed E-state index contributed by atoms with van der Waals surface area (Å²) in [6, 6.07) is 18.1. The summed E-state index contributed by atoms with van der Waals surface area (Å²) in [6.07, 6.45) is 3.71. The third-order valence-corrected chi connectivity index (χ3v) is 7.11. The van der Waals surface area contributed by atoms with Crippen molar-refractivity contribution in [3.63, 3.8) is 0 Å². The number of thioether (sulfide) groups is 1. The van der Waals surface area contributed by atoms with Crippen LogP contribution in [0.4, 0.5) is 5.69 Å². The lowest BCUT2D eigenvalue weighted by atomic mass is 10.1. The van der Waals surface area contributed by atoms with E-state index in [1.165, 1.54) is 17.3 Å². The molecule has 0 unspecified atom stereocenters. The molecule has 0 aliphatic rings. The van der Waals surface area contributed by atoms with Gasteiger partial charge in [0.2, 0.25) is 5.91 Å². The summed E-state index contributed by atoms with van der Waals surface area (Å²) >= 11 is 1.34. The number of anilines is 1. The van der Waals surface area contributed by atoms with E-state index in [0.717, 1.165) is 33.6 Å². The molecular weight excluding hydrogens is 468 g/mol. The number of carbonyl (C=O) groups excluding carboxylic acids is 1. The Kier molecular flexibility index (Phi) is 7.81. The SMILES string of the molecule is Cc1ccc(N(CCC#N)C(=O)CSc2nnc(-c3ccncc3)n2-c2ccc(C)c(C)c2)cc1C. The molecule has 0 N–H and O–H groups in total. The summed E-state index contributed by atoms with van der Waals surface area (Å²) in [4.78, 5) is 19.2. The minimum atomic E-state index is -0.0846. The molecule has 0 atom stereocenters. The van der Waals surface area contributed by atoms with E-state index >= 15 is 0 Å². The van der Waals surface area contributed by atoms with Crippen LogP contribution in [0.15, 0.2) is 66.1 Å². The predicted octanol–water partition coefficient (Wildman–Crippen LogP) is 5.60. The molecule has 0 saturated carbocycles. The first-order chi connectivity index (χ1) is 17.4. The molecule has 0 radical (unpaired) electrons. The van der Waals surface area contributed by atoms with Crippen LogP contribution in [0.3, 0.4) is 0 Å². The van der Waals surface area contributed by atoms with E-state index in [1.807, 2.05) is 54.8 Å². The number of carbonyl (C=O) groups is 1. The number of hydrogen-bond acceptors (Lipinski definition) is 6. The molecule has 4 rings (SSSR count). The zero-order valence-corrected chi connectivity index (χ0v) is 21.7. The van der Waals surface area contributed by atoms with Gasteiger partial charge in [0.05, 0.1) is 23.9 Å². The molecular formula is C28H28N6OS. The van der Waals surface area contributed by atoms with Crippen molar-refractivity contribution < 1.29 is 4.79 Å². The Labute approximate surface area is 215 Å². The number of aryl methyl sites for hydroxylation is 4. The zero-order valence-electron chi connectivity index (χ0n) is 20.9. The Balaban J connectivity index is 1.66. The van der Waals surface area contributed by atoms with Crippen molar-refractivity contribution in [2.24, 2.45) is 0 Å². The Bertz CT molecular complexity index is 1420. The Morgan fingerprint density at radius 2 is 1.64 bits per heavy atom. The molecule has 36 heavy (non-hydrogen) atoms. The molecule has 182 valence electrons. The van der Waals surface area contributed by atoms with Crippen molar-refractivity contribution >= 4 is 23.4 Å². The maximum absolute atomic E-state index is 13.4. The number of pyridine rings is 1. The Hall–Kier alpha value is -3.96. The molecule has 8 heteroatoms. The van der Waals surface area contributed by atoms with Crippen LogP contribution in [0.2, 0.25) is 0 Å². The van der Waals surface area contributed by atoms with Crippen LogP contribution in [0.1, 0.15) is 28.7 Å². The van der Waals surface area contributed by atoms with Gasteiger partial charge in [0.1, 0.15) is 0 Å². The second-order valence-corrected chi connectivity index (χ2v) is 9.60. The van der Waals surface area contributed by atoms with Crippen LogP contribution in [0, 0.1) is 39.0 Å². The Morgan fingerprint density at radius 3 is 2.31 bits per heavy atom. The van der Waals surface area contributed by atoms with E-state index < -0.39 is 0 Å². The van der Waals surface area contributed by atoms with Gasteiger partial charge in [0, 0.05) is 30.2 Å². The van der Waals surface area contributed by atoms with Crippen LogP contribution in [0.25, 0.3) is 17.1 Å². The molecule has 0 aliphatic heterocycles. The van der Waals surface area contributed by atoms with E-state index in [1.54, 1.807) is 17.3 Å². The van der Waals surface area contributed by atoms with Crippen molar-refractivity contribution in [3.8, 4) is 23.1 Å². The van der Waals surface area contributed by atoms with Gasteiger partial charge >= 0.3 is 0 Å². The monoisotopic (exact) mass is 496 g/mol. The average molecular weight is 497 g/mol. The lowest BCUT2D eigenvalue weighted by Crippen LogP contribution is -2.33. The summed E-state index contributed by atoms with van der Waals surface area (Å²) in [5.41, 5.74) is 7.24. The minimum Gasteiger partial charge on any atom is -0.311 e. The summed E-state index contributed by atoms with van der Waals surface area (Å²) in [5, 5.41) is 18.7. The van der Waals surface area contributed by atoms with E-state index in [4.69, 9.17) is 5.26 Å². The lowest BCUT2D eigenvalue weighted by molar-refractivity contribution is -0.116. The van der Waals surface area contributed by atoms with Gasteiger partial charge in [-0.05, 0) is 86.3 Å². The maximum Gasteiger partial charge on any atom is 0.237 e. The molecule has 1 amide bonds. The van der Waals surface area contributed by atoms with Crippen LogP contribution < -0.4 is 4.90 Å². The largest absolute Gasteiger partial charge is 0.311 e. The number of hydrogen-bond donors (Lipinski definition) is 0. The van der Waals surface area contributed by atoms with Gasteiger partial charge in [0.25, 0.3) is 0 Å². The molecule has 2 aromatic carbocycles.